The normalized spacial score (nSPS) is 10.1. The minimum atomic E-state index is 1.23. The van der Waals surface area contributed by atoms with Gasteiger partial charge in [-0.25, -0.2) is 11.1 Å². The molecule has 2 heteroatoms. The van der Waals surface area contributed by atoms with E-state index < -0.39 is 0 Å². The molecule has 0 atom stereocenters. The van der Waals surface area contributed by atoms with Crippen LogP contribution in [0.15, 0.2) is 17.5 Å². The Labute approximate surface area is 67.5 Å². The van der Waals surface area contributed by atoms with Gasteiger partial charge in [0.15, 0.2) is 0 Å². The summed E-state index contributed by atoms with van der Waals surface area (Å²) >= 11 is 1.82. The molecule has 0 saturated heterocycles. The first-order chi connectivity index (χ1) is 4.93. The Morgan fingerprint density at radius 1 is 1.60 bits per heavy atom. The quantitative estimate of drug-likeness (QED) is 0.457. The average molecular weight is 151 g/mol. The molecule has 0 aliphatic heterocycles. The smallest absolute Gasteiger partial charge is 0.0130 e. The predicted octanol–water partition coefficient (Wildman–Crippen LogP) is 2.30. The fourth-order valence-corrected chi connectivity index (χ4v) is 1.54. The van der Waals surface area contributed by atoms with Crippen molar-refractivity contribution >= 4 is 23.4 Å². The van der Waals surface area contributed by atoms with E-state index in [1.54, 1.807) is 0 Å². The molecular formula is C8H12BS-. The Kier molecular flexibility index (Phi) is 3.59. The lowest BCUT2D eigenvalue weighted by atomic mass is 9.72. The number of hydrogen-bond acceptors (Lipinski definition) is 1. The SMILES string of the molecule is CCCC[B-]c1cccs1. The Morgan fingerprint density at radius 3 is 3.10 bits per heavy atom. The van der Waals surface area contributed by atoms with Gasteiger partial charge in [0.25, 0.3) is 0 Å². The van der Waals surface area contributed by atoms with Crippen LogP contribution in [0.5, 0.6) is 0 Å². The van der Waals surface area contributed by atoms with Crippen molar-refractivity contribution in [1.29, 1.82) is 0 Å². The summed E-state index contributed by atoms with van der Waals surface area (Å²) in [5, 5.41) is 2.12. The van der Waals surface area contributed by atoms with E-state index in [2.05, 4.69) is 31.7 Å². The third kappa shape index (κ3) is 2.57. The van der Waals surface area contributed by atoms with Crippen LogP contribution in [0, 0.1) is 0 Å². The van der Waals surface area contributed by atoms with Crippen LogP contribution >= 0.6 is 11.3 Å². The van der Waals surface area contributed by atoms with E-state index in [0.29, 0.717) is 0 Å². The third-order valence-electron chi connectivity index (χ3n) is 1.45. The van der Waals surface area contributed by atoms with Crippen molar-refractivity contribution in [1.82, 2.24) is 0 Å². The Bertz CT molecular complexity index is 158. The van der Waals surface area contributed by atoms with Crippen LogP contribution in [0.25, 0.3) is 0 Å². The average Bonchev–Trinajstić information content (AvgIpc) is 2.41. The van der Waals surface area contributed by atoms with E-state index in [9.17, 15) is 0 Å². The van der Waals surface area contributed by atoms with Crippen LogP contribution in [0.3, 0.4) is 0 Å². The topological polar surface area (TPSA) is 0 Å². The maximum atomic E-state index is 2.31. The van der Waals surface area contributed by atoms with Gasteiger partial charge < -0.3 is 0 Å². The van der Waals surface area contributed by atoms with Crippen LogP contribution in [-0.4, -0.2) is 7.28 Å². The van der Waals surface area contributed by atoms with Crippen molar-refractivity contribution < 1.29 is 0 Å². The highest BCUT2D eigenvalue weighted by Crippen LogP contribution is 1.97. The maximum absolute atomic E-state index is 2.31. The second kappa shape index (κ2) is 4.56. The number of hydrogen-bond donors (Lipinski definition) is 0. The van der Waals surface area contributed by atoms with E-state index in [1.807, 2.05) is 11.3 Å². The molecule has 0 unspecified atom stereocenters. The summed E-state index contributed by atoms with van der Waals surface area (Å²) < 4.78 is 1.41. The first kappa shape index (κ1) is 7.87. The van der Waals surface area contributed by atoms with Crippen molar-refractivity contribution in [3.8, 4) is 0 Å². The van der Waals surface area contributed by atoms with Gasteiger partial charge in [-0.1, -0.05) is 31.9 Å². The van der Waals surface area contributed by atoms with Crippen LogP contribution < -0.4 is 4.78 Å². The highest BCUT2D eigenvalue weighted by Gasteiger charge is 1.77. The molecule has 0 nitrogen and oxygen atoms in total. The molecule has 1 aromatic heterocycles. The van der Waals surface area contributed by atoms with E-state index in [1.165, 1.54) is 23.9 Å². The fourth-order valence-electron chi connectivity index (χ4n) is 0.856. The van der Waals surface area contributed by atoms with E-state index in [4.69, 9.17) is 0 Å². The molecule has 54 valence electrons. The zero-order valence-electron chi connectivity index (χ0n) is 6.34. The fraction of sp³-hybridized carbons (Fsp3) is 0.500. The zero-order valence-corrected chi connectivity index (χ0v) is 7.16. The standard InChI is InChI=1S/C8H12BS/c1-2-3-6-9-8-5-4-7-10-8/h4-5,7H,2-3,6H2,1H3/q-1. The maximum Gasteiger partial charge on any atom is -0.0130 e. The molecule has 0 saturated carbocycles. The summed E-state index contributed by atoms with van der Waals surface area (Å²) in [6.07, 6.45) is 3.84. The van der Waals surface area contributed by atoms with Crippen molar-refractivity contribution in [2.75, 3.05) is 0 Å². The lowest BCUT2D eigenvalue weighted by Crippen LogP contribution is -2.07. The largest absolute Gasteiger partial charge is 0.283 e. The van der Waals surface area contributed by atoms with Crippen LogP contribution in [-0.2, 0) is 0 Å². The molecule has 0 N–H and O–H groups in total. The van der Waals surface area contributed by atoms with Crippen LogP contribution in [0.1, 0.15) is 19.8 Å². The summed E-state index contributed by atoms with van der Waals surface area (Å²) in [7, 11) is 2.31. The lowest BCUT2D eigenvalue weighted by Gasteiger charge is -2.09. The minimum Gasteiger partial charge on any atom is -0.283 e. The second-order valence-corrected chi connectivity index (χ2v) is 3.34. The van der Waals surface area contributed by atoms with Gasteiger partial charge >= 0.3 is 0 Å². The van der Waals surface area contributed by atoms with Crippen LogP contribution in [0.4, 0.5) is 0 Å². The molecule has 1 aromatic rings. The summed E-state index contributed by atoms with van der Waals surface area (Å²) in [5.74, 6) is 0. The van der Waals surface area contributed by atoms with Crippen molar-refractivity contribution in [2.45, 2.75) is 26.1 Å². The Balaban J connectivity index is 2.15. The molecule has 1 heterocycles. The highest BCUT2D eigenvalue weighted by molar-refractivity contribution is 7.19. The summed E-state index contributed by atoms with van der Waals surface area (Å²) in [4.78, 5) is 0. The number of thiophene rings is 1. The zero-order chi connectivity index (χ0) is 7.23. The first-order valence-electron chi connectivity index (χ1n) is 3.80. The highest BCUT2D eigenvalue weighted by atomic mass is 32.1. The van der Waals surface area contributed by atoms with Gasteiger partial charge in [0, 0.05) is 0 Å². The molecule has 0 bridgehead atoms. The molecule has 0 aliphatic rings. The first-order valence-corrected chi connectivity index (χ1v) is 4.68. The molecule has 0 amide bonds. The van der Waals surface area contributed by atoms with Gasteiger partial charge in [0.05, 0.1) is 0 Å². The number of unbranched alkanes of at least 4 members (excludes halogenated alkanes) is 1. The monoisotopic (exact) mass is 151 g/mol. The molecule has 0 spiro atoms. The van der Waals surface area contributed by atoms with Gasteiger partial charge in [0.2, 0.25) is 0 Å². The second-order valence-electron chi connectivity index (χ2n) is 2.36. The minimum absolute atomic E-state index is 1.23. The molecule has 10 heavy (non-hydrogen) atoms. The molecule has 1 rings (SSSR count). The molecule has 2 radical (unpaired) electrons. The van der Waals surface area contributed by atoms with Gasteiger partial charge in [-0.05, 0) is 5.38 Å². The van der Waals surface area contributed by atoms with Crippen molar-refractivity contribution in [3.63, 3.8) is 0 Å². The molecule has 0 fully saturated rings. The van der Waals surface area contributed by atoms with Crippen LogP contribution in [0.2, 0.25) is 6.32 Å². The molecule has 0 aromatic carbocycles. The van der Waals surface area contributed by atoms with E-state index in [0.717, 1.165) is 0 Å². The molecule has 0 aliphatic carbocycles. The van der Waals surface area contributed by atoms with E-state index in [-0.39, 0.29) is 0 Å². The van der Waals surface area contributed by atoms with Gasteiger partial charge in [0.1, 0.15) is 0 Å². The molecular weight excluding hydrogens is 139 g/mol. The van der Waals surface area contributed by atoms with Gasteiger partial charge in [-0.3, -0.25) is 7.28 Å². The van der Waals surface area contributed by atoms with Crippen molar-refractivity contribution in [2.24, 2.45) is 0 Å². The Hall–Kier alpha value is -0.235. The lowest BCUT2D eigenvalue weighted by molar-refractivity contribution is 0.881. The summed E-state index contributed by atoms with van der Waals surface area (Å²) in [5.41, 5.74) is 0. The summed E-state index contributed by atoms with van der Waals surface area (Å²) in [6, 6.07) is 4.27. The van der Waals surface area contributed by atoms with E-state index >= 15 is 0 Å². The van der Waals surface area contributed by atoms with Gasteiger partial charge in [-0.2, -0.15) is 11.3 Å². The third-order valence-corrected chi connectivity index (χ3v) is 2.31. The van der Waals surface area contributed by atoms with Gasteiger partial charge in [-0.15, -0.1) is 0 Å². The van der Waals surface area contributed by atoms with Crippen molar-refractivity contribution in [3.05, 3.63) is 17.5 Å². The Morgan fingerprint density at radius 2 is 2.50 bits per heavy atom. The summed E-state index contributed by atoms with van der Waals surface area (Å²) in [6.45, 7) is 2.22. The predicted molar refractivity (Wildman–Crippen MR) is 49.4 cm³/mol. The number of rotatable bonds is 4.